The van der Waals surface area contributed by atoms with E-state index >= 15 is 0 Å². The number of halogens is 2. The minimum Gasteiger partial charge on any atom is -0.388 e. The molecule has 0 spiro atoms. The lowest BCUT2D eigenvalue weighted by molar-refractivity contribution is 0.0821. The van der Waals surface area contributed by atoms with Crippen LogP contribution in [-0.2, 0) is 4.74 Å². The molecule has 0 fully saturated rings. The van der Waals surface area contributed by atoms with Crippen molar-refractivity contribution in [2.45, 2.75) is 25.9 Å². The van der Waals surface area contributed by atoms with Gasteiger partial charge in [0.1, 0.15) is 5.82 Å². The highest BCUT2D eigenvalue weighted by Crippen LogP contribution is 2.25. The Morgan fingerprint density at radius 2 is 2.19 bits per heavy atom. The van der Waals surface area contributed by atoms with Crippen molar-refractivity contribution >= 4 is 11.6 Å². The predicted octanol–water partition coefficient (Wildman–Crippen LogP) is 3.33. The molecule has 0 radical (unpaired) electrons. The molecule has 0 bridgehead atoms. The van der Waals surface area contributed by atoms with E-state index in [4.69, 9.17) is 16.3 Å². The number of ether oxygens (including phenoxy) is 1. The van der Waals surface area contributed by atoms with Crippen molar-refractivity contribution in [2.75, 3.05) is 13.2 Å². The summed E-state index contributed by atoms with van der Waals surface area (Å²) >= 11 is 5.86. The minimum atomic E-state index is -0.778. The molecule has 1 N–H and O–H groups in total. The van der Waals surface area contributed by atoms with Crippen molar-refractivity contribution in [1.82, 2.24) is 0 Å². The van der Waals surface area contributed by atoms with Crippen molar-refractivity contribution in [3.8, 4) is 0 Å². The second-order valence-electron chi connectivity index (χ2n) is 3.58. The maximum atomic E-state index is 12.9. The maximum absolute atomic E-state index is 12.9. The molecule has 16 heavy (non-hydrogen) atoms. The number of aliphatic hydroxyl groups is 1. The maximum Gasteiger partial charge on any atom is 0.123 e. The Balaban J connectivity index is 2.51. The van der Waals surface area contributed by atoms with Gasteiger partial charge in [0.25, 0.3) is 0 Å². The van der Waals surface area contributed by atoms with Gasteiger partial charge in [-0.15, -0.1) is 0 Å². The molecule has 0 heterocycles. The van der Waals surface area contributed by atoms with Crippen molar-refractivity contribution in [3.05, 3.63) is 34.6 Å². The minimum absolute atomic E-state index is 0.379. The van der Waals surface area contributed by atoms with Gasteiger partial charge in [0.2, 0.25) is 0 Å². The van der Waals surface area contributed by atoms with Gasteiger partial charge in [-0.3, -0.25) is 0 Å². The second kappa shape index (κ2) is 6.84. The number of hydrogen-bond acceptors (Lipinski definition) is 2. The summed E-state index contributed by atoms with van der Waals surface area (Å²) in [6.07, 6.45) is 0.583. The lowest BCUT2D eigenvalue weighted by Crippen LogP contribution is -2.05. The molecule has 0 aliphatic heterocycles. The Labute approximate surface area is 100.0 Å². The van der Waals surface area contributed by atoms with Gasteiger partial charge in [0.15, 0.2) is 0 Å². The van der Waals surface area contributed by atoms with Crippen LogP contribution < -0.4 is 0 Å². The van der Waals surface area contributed by atoms with E-state index in [1.165, 1.54) is 18.2 Å². The van der Waals surface area contributed by atoms with Gasteiger partial charge in [-0.1, -0.05) is 18.5 Å². The van der Waals surface area contributed by atoms with Gasteiger partial charge in [-0.2, -0.15) is 0 Å². The molecule has 0 saturated carbocycles. The fourth-order valence-corrected chi connectivity index (χ4v) is 1.61. The van der Waals surface area contributed by atoms with Crippen LogP contribution in [0.3, 0.4) is 0 Å². The number of rotatable bonds is 6. The fourth-order valence-electron chi connectivity index (χ4n) is 1.37. The summed E-state index contributed by atoms with van der Waals surface area (Å²) in [5, 5.41) is 10.2. The Bertz CT molecular complexity index is 331. The van der Waals surface area contributed by atoms with Gasteiger partial charge in [0, 0.05) is 30.2 Å². The summed E-state index contributed by atoms with van der Waals surface area (Å²) in [7, 11) is 0. The summed E-state index contributed by atoms with van der Waals surface area (Å²) in [6.45, 7) is 3.13. The van der Waals surface area contributed by atoms with Crippen molar-refractivity contribution < 1.29 is 14.2 Å². The van der Waals surface area contributed by atoms with Crippen LogP contribution in [0.5, 0.6) is 0 Å². The lowest BCUT2D eigenvalue weighted by Gasteiger charge is -2.12. The van der Waals surface area contributed by atoms with Crippen LogP contribution in [0.15, 0.2) is 18.2 Å². The SMILES string of the molecule is CCCOCCC(O)c1cc(F)ccc1Cl. The predicted molar refractivity (Wildman–Crippen MR) is 62.1 cm³/mol. The summed E-state index contributed by atoms with van der Waals surface area (Å²) in [5.74, 6) is -0.395. The van der Waals surface area contributed by atoms with Crippen LogP contribution in [0.4, 0.5) is 4.39 Å². The highest BCUT2D eigenvalue weighted by atomic mass is 35.5. The van der Waals surface area contributed by atoms with E-state index in [9.17, 15) is 9.50 Å². The third-order valence-corrected chi connectivity index (χ3v) is 2.55. The average molecular weight is 247 g/mol. The quantitative estimate of drug-likeness (QED) is 0.781. The first kappa shape index (κ1) is 13.4. The fraction of sp³-hybridized carbons (Fsp3) is 0.500. The Morgan fingerprint density at radius 1 is 1.44 bits per heavy atom. The van der Waals surface area contributed by atoms with E-state index in [1.54, 1.807) is 0 Å². The lowest BCUT2D eigenvalue weighted by atomic mass is 10.1. The van der Waals surface area contributed by atoms with Crippen LogP contribution >= 0.6 is 11.6 Å². The zero-order valence-corrected chi connectivity index (χ0v) is 10.0. The summed E-state index contributed by atoms with van der Waals surface area (Å²) in [5.41, 5.74) is 0.418. The third kappa shape index (κ3) is 4.08. The topological polar surface area (TPSA) is 29.5 Å². The Hall–Kier alpha value is -0.640. The molecule has 0 amide bonds. The molecule has 2 nitrogen and oxygen atoms in total. The van der Waals surface area contributed by atoms with E-state index < -0.39 is 11.9 Å². The summed E-state index contributed by atoms with van der Waals surface area (Å²) in [4.78, 5) is 0. The molecular formula is C12H16ClFO2. The molecule has 1 unspecified atom stereocenters. The first-order valence-corrected chi connectivity index (χ1v) is 5.73. The molecule has 1 rings (SSSR count). The molecule has 0 aromatic heterocycles. The molecule has 0 saturated heterocycles. The van der Waals surface area contributed by atoms with Gasteiger partial charge in [0.05, 0.1) is 6.10 Å². The molecule has 90 valence electrons. The standard InChI is InChI=1S/C12H16ClFO2/c1-2-6-16-7-5-12(15)10-8-9(14)3-4-11(10)13/h3-4,8,12,15H,2,5-7H2,1H3. The number of aliphatic hydroxyl groups excluding tert-OH is 1. The Kier molecular flexibility index (Phi) is 5.74. The average Bonchev–Trinajstić information content (AvgIpc) is 2.27. The molecule has 0 aliphatic carbocycles. The third-order valence-electron chi connectivity index (χ3n) is 2.20. The first-order chi connectivity index (χ1) is 7.65. The van der Waals surface area contributed by atoms with Crippen LogP contribution in [0, 0.1) is 5.82 Å². The van der Waals surface area contributed by atoms with E-state index in [0.717, 1.165) is 6.42 Å². The van der Waals surface area contributed by atoms with E-state index in [-0.39, 0.29) is 0 Å². The molecular weight excluding hydrogens is 231 g/mol. The van der Waals surface area contributed by atoms with Crippen LogP contribution in [0.1, 0.15) is 31.4 Å². The molecule has 1 aromatic carbocycles. The molecule has 0 aliphatic rings. The van der Waals surface area contributed by atoms with E-state index in [0.29, 0.717) is 30.2 Å². The summed E-state index contributed by atoms with van der Waals surface area (Å²) < 4.78 is 18.2. The van der Waals surface area contributed by atoms with Crippen LogP contribution in [0.25, 0.3) is 0 Å². The Morgan fingerprint density at radius 3 is 2.88 bits per heavy atom. The van der Waals surface area contributed by atoms with Gasteiger partial charge in [-0.05, 0) is 24.6 Å². The molecule has 4 heteroatoms. The van der Waals surface area contributed by atoms with E-state index in [1.807, 2.05) is 6.92 Å². The highest BCUT2D eigenvalue weighted by molar-refractivity contribution is 6.31. The zero-order chi connectivity index (χ0) is 12.0. The van der Waals surface area contributed by atoms with Gasteiger partial charge >= 0.3 is 0 Å². The molecule has 1 atom stereocenters. The van der Waals surface area contributed by atoms with Gasteiger partial charge in [-0.25, -0.2) is 4.39 Å². The van der Waals surface area contributed by atoms with Crippen molar-refractivity contribution in [1.29, 1.82) is 0 Å². The smallest absolute Gasteiger partial charge is 0.123 e. The first-order valence-electron chi connectivity index (χ1n) is 5.36. The molecule has 1 aromatic rings. The van der Waals surface area contributed by atoms with Crippen molar-refractivity contribution in [3.63, 3.8) is 0 Å². The van der Waals surface area contributed by atoms with Crippen LogP contribution in [-0.4, -0.2) is 18.3 Å². The van der Waals surface area contributed by atoms with Crippen LogP contribution in [0.2, 0.25) is 5.02 Å². The number of hydrogen-bond donors (Lipinski definition) is 1. The second-order valence-corrected chi connectivity index (χ2v) is 3.99. The zero-order valence-electron chi connectivity index (χ0n) is 9.25. The number of benzene rings is 1. The normalized spacial score (nSPS) is 12.8. The van der Waals surface area contributed by atoms with E-state index in [2.05, 4.69) is 0 Å². The summed E-state index contributed by atoms with van der Waals surface area (Å²) in [6, 6.07) is 3.97. The highest BCUT2D eigenvalue weighted by Gasteiger charge is 2.12. The van der Waals surface area contributed by atoms with Gasteiger partial charge < -0.3 is 9.84 Å². The van der Waals surface area contributed by atoms with Crippen molar-refractivity contribution in [2.24, 2.45) is 0 Å². The largest absolute Gasteiger partial charge is 0.388 e. The monoisotopic (exact) mass is 246 g/mol.